The van der Waals surface area contributed by atoms with E-state index < -0.39 is 5.97 Å². The summed E-state index contributed by atoms with van der Waals surface area (Å²) in [5.41, 5.74) is 5.62. The van der Waals surface area contributed by atoms with E-state index in [4.69, 9.17) is 10.8 Å². The minimum absolute atomic E-state index is 0.0372. The van der Waals surface area contributed by atoms with Crippen molar-refractivity contribution >= 4 is 11.9 Å². The van der Waals surface area contributed by atoms with Gasteiger partial charge in [0.1, 0.15) is 0 Å². The first-order valence-electron chi connectivity index (χ1n) is 6.27. The molecule has 1 aliphatic carbocycles. The highest BCUT2D eigenvalue weighted by Gasteiger charge is 2.32. The zero-order chi connectivity index (χ0) is 12.8. The molecule has 0 aromatic carbocycles. The van der Waals surface area contributed by atoms with Crippen molar-refractivity contribution in [2.75, 3.05) is 6.54 Å². The normalized spacial score (nSPS) is 16.6. The highest BCUT2D eigenvalue weighted by molar-refractivity contribution is 5.77. The van der Waals surface area contributed by atoms with Crippen molar-refractivity contribution in [1.82, 2.24) is 4.90 Å². The number of carbonyl (C=O) groups is 2. The summed E-state index contributed by atoms with van der Waals surface area (Å²) in [7, 11) is 0. The Morgan fingerprint density at radius 1 is 1.41 bits per heavy atom. The Labute approximate surface area is 102 Å². The van der Waals surface area contributed by atoms with Gasteiger partial charge in [0.15, 0.2) is 0 Å². The Morgan fingerprint density at radius 2 is 2.06 bits per heavy atom. The predicted octanol–water partition coefficient (Wildman–Crippen LogP) is 0.970. The summed E-state index contributed by atoms with van der Waals surface area (Å²) < 4.78 is 0. The number of amides is 1. The summed E-state index contributed by atoms with van der Waals surface area (Å²) in [5, 5.41) is 8.64. The van der Waals surface area contributed by atoms with Gasteiger partial charge >= 0.3 is 5.97 Å². The molecular weight excluding hydrogens is 220 g/mol. The molecule has 1 rings (SSSR count). The second kappa shape index (κ2) is 6.59. The number of nitrogens with zero attached hydrogens (tertiary/aromatic N) is 1. The van der Waals surface area contributed by atoms with Gasteiger partial charge in [-0.3, -0.25) is 9.59 Å². The van der Waals surface area contributed by atoms with Gasteiger partial charge in [0.05, 0.1) is 6.42 Å². The van der Waals surface area contributed by atoms with Crippen LogP contribution in [0.1, 0.15) is 45.4 Å². The van der Waals surface area contributed by atoms with Gasteiger partial charge in [0, 0.05) is 25.0 Å². The highest BCUT2D eigenvalue weighted by Crippen LogP contribution is 2.27. The largest absolute Gasteiger partial charge is 0.481 e. The average Bonchev–Trinajstić information content (AvgIpc) is 3.01. The molecule has 98 valence electrons. The van der Waals surface area contributed by atoms with Crippen LogP contribution in [0, 0.1) is 0 Å². The molecule has 5 heteroatoms. The van der Waals surface area contributed by atoms with E-state index in [0.29, 0.717) is 13.0 Å². The molecule has 1 saturated carbocycles. The third-order valence-corrected chi connectivity index (χ3v) is 2.92. The first-order valence-corrected chi connectivity index (χ1v) is 6.27. The molecule has 17 heavy (non-hydrogen) atoms. The minimum Gasteiger partial charge on any atom is -0.481 e. The van der Waals surface area contributed by atoms with E-state index >= 15 is 0 Å². The van der Waals surface area contributed by atoms with Crippen LogP contribution in [0.3, 0.4) is 0 Å². The van der Waals surface area contributed by atoms with Crippen molar-refractivity contribution in [2.24, 2.45) is 5.73 Å². The third-order valence-electron chi connectivity index (χ3n) is 2.92. The van der Waals surface area contributed by atoms with Crippen LogP contribution in [-0.2, 0) is 9.59 Å². The van der Waals surface area contributed by atoms with E-state index in [9.17, 15) is 9.59 Å². The Kier molecular flexibility index (Phi) is 5.41. The van der Waals surface area contributed by atoms with E-state index in [1.165, 1.54) is 0 Å². The highest BCUT2D eigenvalue weighted by atomic mass is 16.4. The van der Waals surface area contributed by atoms with Gasteiger partial charge in [-0.25, -0.2) is 0 Å². The number of hydrogen-bond acceptors (Lipinski definition) is 3. The molecule has 3 N–H and O–H groups in total. The van der Waals surface area contributed by atoms with Crippen LogP contribution in [0.4, 0.5) is 0 Å². The van der Waals surface area contributed by atoms with Crippen LogP contribution >= 0.6 is 0 Å². The number of carbonyl (C=O) groups excluding carboxylic acids is 1. The number of aliphatic carboxylic acids is 1. The molecule has 1 aliphatic rings. The topological polar surface area (TPSA) is 83.6 Å². The van der Waals surface area contributed by atoms with Crippen molar-refractivity contribution in [2.45, 2.75) is 57.5 Å². The molecule has 0 aromatic rings. The van der Waals surface area contributed by atoms with Gasteiger partial charge in [-0.2, -0.15) is 0 Å². The summed E-state index contributed by atoms with van der Waals surface area (Å²) in [5.74, 6) is -0.770. The molecule has 1 fully saturated rings. The van der Waals surface area contributed by atoms with E-state index in [2.05, 4.69) is 0 Å². The van der Waals surface area contributed by atoms with Crippen molar-refractivity contribution in [3.63, 3.8) is 0 Å². The Bertz CT molecular complexity index is 275. The molecule has 0 saturated heterocycles. The number of carboxylic acid groups (broad SMARTS) is 1. The number of nitrogens with two attached hydrogens (primary N) is 1. The van der Waals surface area contributed by atoms with E-state index in [0.717, 1.165) is 25.7 Å². The lowest BCUT2D eigenvalue weighted by Gasteiger charge is -2.21. The van der Waals surface area contributed by atoms with Crippen molar-refractivity contribution in [3.05, 3.63) is 0 Å². The lowest BCUT2D eigenvalue weighted by atomic mass is 10.1. The number of hydrogen-bond donors (Lipinski definition) is 2. The van der Waals surface area contributed by atoms with Crippen LogP contribution in [0.15, 0.2) is 0 Å². The van der Waals surface area contributed by atoms with E-state index in [1.807, 2.05) is 6.92 Å². The van der Waals surface area contributed by atoms with E-state index in [1.54, 1.807) is 4.90 Å². The molecule has 1 atom stereocenters. The van der Waals surface area contributed by atoms with Crippen LogP contribution < -0.4 is 5.73 Å². The van der Waals surface area contributed by atoms with Gasteiger partial charge < -0.3 is 15.7 Å². The smallest absolute Gasteiger partial charge is 0.305 e. The molecule has 5 nitrogen and oxygen atoms in total. The van der Waals surface area contributed by atoms with E-state index in [-0.39, 0.29) is 24.4 Å². The SMILES string of the molecule is CC(N)CCCC(=O)N(CCC(=O)O)C1CC1. The monoisotopic (exact) mass is 242 g/mol. The standard InChI is InChI=1S/C12H22N2O3/c1-9(13)3-2-4-11(15)14(10-5-6-10)8-7-12(16)17/h9-10H,2-8,13H2,1H3,(H,16,17). The lowest BCUT2D eigenvalue weighted by molar-refractivity contribution is -0.138. The number of rotatable bonds is 8. The minimum atomic E-state index is -0.848. The van der Waals surface area contributed by atoms with Crippen molar-refractivity contribution in [1.29, 1.82) is 0 Å². The molecule has 0 aliphatic heterocycles. The Balaban J connectivity index is 2.30. The molecular formula is C12H22N2O3. The fourth-order valence-corrected chi connectivity index (χ4v) is 1.83. The summed E-state index contributed by atoms with van der Waals surface area (Å²) >= 11 is 0. The molecule has 1 amide bonds. The maximum absolute atomic E-state index is 11.9. The third kappa shape index (κ3) is 5.68. The fourth-order valence-electron chi connectivity index (χ4n) is 1.83. The van der Waals surface area contributed by atoms with Crippen LogP contribution in [0.25, 0.3) is 0 Å². The molecule has 0 aromatic heterocycles. The predicted molar refractivity (Wildman–Crippen MR) is 64.5 cm³/mol. The Morgan fingerprint density at radius 3 is 2.53 bits per heavy atom. The van der Waals surface area contributed by atoms with Gasteiger partial charge in [-0.05, 0) is 32.6 Å². The Hall–Kier alpha value is -1.10. The van der Waals surface area contributed by atoms with Gasteiger partial charge in [-0.15, -0.1) is 0 Å². The molecule has 1 unspecified atom stereocenters. The average molecular weight is 242 g/mol. The van der Waals surface area contributed by atoms with Gasteiger partial charge in [0.25, 0.3) is 0 Å². The first-order chi connectivity index (χ1) is 8.00. The fraction of sp³-hybridized carbons (Fsp3) is 0.833. The summed E-state index contributed by atoms with van der Waals surface area (Å²) in [6.07, 6.45) is 4.17. The van der Waals surface area contributed by atoms with Crippen molar-refractivity contribution < 1.29 is 14.7 Å². The second-order valence-electron chi connectivity index (χ2n) is 4.83. The summed E-state index contributed by atoms with van der Waals surface area (Å²) in [6, 6.07) is 0.411. The zero-order valence-corrected chi connectivity index (χ0v) is 10.4. The van der Waals surface area contributed by atoms with Gasteiger partial charge in [0.2, 0.25) is 5.91 Å². The lowest BCUT2D eigenvalue weighted by Crippen LogP contribution is -2.35. The number of carboxylic acids is 1. The van der Waals surface area contributed by atoms with Crippen LogP contribution in [0.2, 0.25) is 0 Å². The van der Waals surface area contributed by atoms with Crippen molar-refractivity contribution in [3.8, 4) is 0 Å². The first kappa shape index (κ1) is 14.0. The maximum atomic E-state index is 11.9. The summed E-state index contributed by atoms with van der Waals surface area (Å²) in [4.78, 5) is 24.2. The molecule has 0 bridgehead atoms. The molecule has 0 heterocycles. The van der Waals surface area contributed by atoms with Crippen LogP contribution in [-0.4, -0.2) is 40.5 Å². The van der Waals surface area contributed by atoms with Gasteiger partial charge in [-0.1, -0.05) is 0 Å². The quantitative estimate of drug-likeness (QED) is 0.664. The maximum Gasteiger partial charge on any atom is 0.305 e. The molecule has 0 spiro atoms. The van der Waals surface area contributed by atoms with Crippen LogP contribution in [0.5, 0.6) is 0 Å². The molecule has 0 radical (unpaired) electrons. The second-order valence-corrected chi connectivity index (χ2v) is 4.83. The zero-order valence-electron chi connectivity index (χ0n) is 10.4. The summed E-state index contributed by atoms with van der Waals surface area (Å²) in [6.45, 7) is 2.27.